The monoisotopic (exact) mass is 476 g/mol. The highest BCUT2D eigenvalue weighted by Gasteiger charge is 2.82. The van der Waals surface area contributed by atoms with Gasteiger partial charge in [0.15, 0.2) is 11.5 Å². The highest BCUT2D eigenvalue weighted by Crippen LogP contribution is 2.77. The molecule has 1 saturated heterocycles. The molecule has 7 rings (SSSR count). The van der Waals surface area contributed by atoms with E-state index >= 15 is 0 Å². The second-order valence-electron chi connectivity index (χ2n) is 11.5. The standard InChI is InChI=1S/C29H41NO4/c1-7-8-14-30-15-13-28-22-18-9-10-19(31)23(22)34-24(28)29(33-6)12-11-27(28,21(30)16-18)17-20(29)26(5,32)25(2,3)4/h7,9-10,20-21,24,31-32H,1,8,11-17H2,2-6H3/t20-,21-,24-,26?,27-,28+,29-/m1/s1/i2D3,3D3,4D3. The fourth-order valence-electron chi connectivity index (χ4n) is 8.99. The second kappa shape index (κ2) is 6.80. The first-order valence-electron chi connectivity index (χ1n) is 16.9. The Morgan fingerprint density at radius 3 is 2.82 bits per heavy atom. The van der Waals surface area contributed by atoms with Crippen molar-refractivity contribution >= 4 is 0 Å². The summed E-state index contributed by atoms with van der Waals surface area (Å²) < 4.78 is 88.9. The van der Waals surface area contributed by atoms with Crippen LogP contribution in [0.3, 0.4) is 0 Å². The molecule has 5 nitrogen and oxygen atoms in total. The van der Waals surface area contributed by atoms with Crippen molar-refractivity contribution in [3.05, 3.63) is 35.9 Å². The van der Waals surface area contributed by atoms with Crippen LogP contribution < -0.4 is 4.74 Å². The third-order valence-electron chi connectivity index (χ3n) is 10.5. The SMILES string of the molecule is [2H]C([2H])([2H])C(C([2H])([2H])[2H])(C([2H])([2H])[2H])C(C)(O)[C@H]1C[C@@]23CC[C@]1(OC)[C@@H]1Oc4c(O)ccc5c4[C@@]12CCN(CCC=C)[C@@H]3C5. The number of hydrogen-bond donors (Lipinski definition) is 2. The van der Waals surface area contributed by atoms with Crippen LogP contribution in [0.15, 0.2) is 24.8 Å². The molecule has 7 atom stereocenters. The number of aliphatic hydroxyl groups is 1. The molecule has 4 fully saturated rings. The van der Waals surface area contributed by atoms with Crippen LogP contribution in [-0.2, 0) is 16.6 Å². The van der Waals surface area contributed by atoms with Crippen molar-refractivity contribution in [1.29, 1.82) is 0 Å². The fourth-order valence-corrected chi connectivity index (χ4v) is 8.99. The number of phenolic OH excluding ortho intramolecular Hbond substituents is 1. The second-order valence-corrected chi connectivity index (χ2v) is 11.5. The number of phenols is 1. The Labute approximate surface area is 216 Å². The smallest absolute Gasteiger partial charge is 0.165 e. The highest BCUT2D eigenvalue weighted by atomic mass is 16.6. The van der Waals surface area contributed by atoms with Gasteiger partial charge in [-0.15, -0.1) is 6.58 Å². The van der Waals surface area contributed by atoms with Crippen molar-refractivity contribution < 1.29 is 32.0 Å². The Morgan fingerprint density at radius 2 is 2.12 bits per heavy atom. The van der Waals surface area contributed by atoms with E-state index in [9.17, 15) is 10.2 Å². The molecule has 4 bridgehead atoms. The maximum Gasteiger partial charge on any atom is 0.165 e. The maximum atomic E-state index is 12.7. The van der Waals surface area contributed by atoms with E-state index in [1.54, 1.807) is 6.07 Å². The van der Waals surface area contributed by atoms with Crippen molar-refractivity contribution in [2.24, 2.45) is 16.7 Å². The van der Waals surface area contributed by atoms with Crippen LogP contribution >= 0.6 is 0 Å². The van der Waals surface area contributed by atoms with Crippen LogP contribution in [-0.4, -0.2) is 58.7 Å². The van der Waals surface area contributed by atoms with Crippen molar-refractivity contribution in [3.63, 3.8) is 0 Å². The molecule has 1 aromatic rings. The summed E-state index contributed by atoms with van der Waals surface area (Å²) in [6, 6.07) is 3.46. The number of likely N-dealkylation sites (tertiary alicyclic amines) is 1. The van der Waals surface area contributed by atoms with Gasteiger partial charge in [0, 0.05) is 54.3 Å². The lowest BCUT2D eigenvalue weighted by molar-refractivity contribution is -0.312. The van der Waals surface area contributed by atoms with Crippen LogP contribution in [0.1, 0.15) is 83.0 Å². The molecule has 2 aliphatic heterocycles. The van der Waals surface area contributed by atoms with E-state index in [0.717, 1.165) is 37.6 Å². The van der Waals surface area contributed by atoms with Crippen LogP contribution in [0.4, 0.5) is 0 Å². The van der Waals surface area contributed by atoms with E-state index in [2.05, 4.69) is 11.5 Å². The van der Waals surface area contributed by atoms with Crippen molar-refractivity contribution in [3.8, 4) is 11.5 Å². The topological polar surface area (TPSA) is 62.2 Å². The summed E-state index contributed by atoms with van der Waals surface area (Å²) in [5.74, 6) is -0.916. The molecular weight excluding hydrogens is 426 g/mol. The average Bonchev–Trinajstić information content (AvgIpc) is 3.24. The van der Waals surface area contributed by atoms with Crippen molar-refractivity contribution in [2.75, 3.05) is 20.2 Å². The summed E-state index contributed by atoms with van der Waals surface area (Å²) in [4.78, 5) is 2.40. The lowest BCUT2D eigenvalue weighted by Gasteiger charge is -2.75. The van der Waals surface area contributed by atoms with Gasteiger partial charge in [-0.2, -0.15) is 0 Å². The van der Waals surface area contributed by atoms with Gasteiger partial charge in [0.1, 0.15) is 11.7 Å². The summed E-state index contributed by atoms with van der Waals surface area (Å²) in [6.45, 7) is -4.36. The highest BCUT2D eigenvalue weighted by molar-refractivity contribution is 5.63. The third kappa shape index (κ3) is 2.33. The first-order chi connectivity index (χ1) is 19.7. The summed E-state index contributed by atoms with van der Waals surface area (Å²) in [7, 11) is 1.44. The predicted molar refractivity (Wildman–Crippen MR) is 132 cm³/mol. The molecule has 1 aromatic carbocycles. The average molecular weight is 477 g/mol. The van der Waals surface area contributed by atoms with Crippen molar-refractivity contribution in [2.45, 2.75) is 94.8 Å². The van der Waals surface area contributed by atoms with Gasteiger partial charge in [0.25, 0.3) is 0 Å². The molecule has 3 saturated carbocycles. The molecule has 34 heavy (non-hydrogen) atoms. The van der Waals surface area contributed by atoms with Crippen LogP contribution in [0, 0.1) is 16.7 Å². The molecule has 5 heteroatoms. The molecule has 0 aromatic heterocycles. The van der Waals surface area contributed by atoms with E-state index < -0.39 is 60.0 Å². The van der Waals surface area contributed by atoms with E-state index in [0.29, 0.717) is 31.4 Å². The Balaban J connectivity index is 1.64. The largest absolute Gasteiger partial charge is 0.504 e. The number of piperidine rings is 1. The first kappa shape index (κ1) is 14.9. The number of ether oxygens (including phenoxy) is 2. The van der Waals surface area contributed by atoms with E-state index in [1.807, 2.05) is 12.1 Å². The van der Waals surface area contributed by atoms with Gasteiger partial charge in [0.2, 0.25) is 0 Å². The van der Waals surface area contributed by atoms with Gasteiger partial charge < -0.3 is 19.7 Å². The molecule has 2 N–H and O–H groups in total. The van der Waals surface area contributed by atoms with E-state index in [-0.39, 0.29) is 18.2 Å². The lowest BCUT2D eigenvalue weighted by atomic mass is 9.33. The maximum absolute atomic E-state index is 12.7. The Bertz CT molecular complexity index is 1300. The molecule has 2 heterocycles. The number of rotatable bonds is 5. The van der Waals surface area contributed by atoms with Gasteiger partial charge in [-0.25, -0.2) is 0 Å². The molecule has 186 valence electrons. The molecule has 0 radical (unpaired) electrons. The number of fused-ring (bicyclic) bond motifs is 2. The number of aromatic hydroxyl groups is 1. The normalized spacial score (nSPS) is 46.6. The summed E-state index contributed by atoms with van der Waals surface area (Å²) in [6.07, 6.45) is 4.13. The zero-order valence-corrected chi connectivity index (χ0v) is 20.0. The fraction of sp³-hybridized carbons (Fsp3) is 0.724. The molecule has 0 amide bonds. The summed E-state index contributed by atoms with van der Waals surface area (Å²) in [5.41, 5.74) is -7.05. The Morgan fingerprint density at radius 1 is 1.32 bits per heavy atom. The third-order valence-corrected chi connectivity index (χ3v) is 10.5. The van der Waals surface area contributed by atoms with E-state index in [4.69, 9.17) is 21.8 Å². The molecule has 2 spiro atoms. The quantitative estimate of drug-likeness (QED) is 0.609. The summed E-state index contributed by atoms with van der Waals surface area (Å²) in [5, 5.41) is 23.7. The number of nitrogens with zero attached hydrogens (tertiary/aromatic N) is 1. The molecule has 4 aliphatic carbocycles. The zero-order valence-electron chi connectivity index (χ0n) is 29.0. The molecule has 6 aliphatic rings. The van der Waals surface area contributed by atoms with Crippen LogP contribution in [0.2, 0.25) is 0 Å². The first-order valence-corrected chi connectivity index (χ1v) is 12.4. The predicted octanol–water partition coefficient (Wildman–Crippen LogP) is 4.58. The van der Waals surface area contributed by atoms with Gasteiger partial charge in [-0.1, -0.05) is 32.7 Å². The van der Waals surface area contributed by atoms with Crippen LogP contribution in [0.25, 0.3) is 0 Å². The number of methoxy groups -OCH3 is 1. The minimum atomic E-state index is -3.60. The van der Waals surface area contributed by atoms with Gasteiger partial charge in [-0.05, 0) is 69.0 Å². The minimum absolute atomic E-state index is 0.0269. The minimum Gasteiger partial charge on any atom is -0.504 e. The van der Waals surface area contributed by atoms with E-state index in [1.165, 1.54) is 7.11 Å². The summed E-state index contributed by atoms with van der Waals surface area (Å²) >= 11 is 0. The van der Waals surface area contributed by atoms with Gasteiger partial charge in [-0.3, -0.25) is 4.90 Å². The van der Waals surface area contributed by atoms with Gasteiger partial charge in [0.05, 0.1) is 5.60 Å². The zero-order chi connectivity index (χ0) is 31.8. The molecule has 1 unspecified atom stereocenters. The number of benzene rings is 1. The van der Waals surface area contributed by atoms with Crippen LogP contribution in [0.5, 0.6) is 11.5 Å². The lowest BCUT2D eigenvalue weighted by Crippen LogP contribution is -2.83. The number of hydrogen-bond acceptors (Lipinski definition) is 5. The van der Waals surface area contributed by atoms with Crippen molar-refractivity contribution in [1.82, 2.24) is 4.90 Å². The Hall–Kier alpha value is -1.56. The Kier molecular flexibility index (Phi) is 2.97. The molecular formula is C29H41NO4. The van der Waals surface area contributed by atoms with Gasteiger partial charge >= 0.3 is 0 Å².